The Kier molecular flexibility index (Phi) is 5.76. The zero-order valence-corrected chi connectivity index (χ0v) is 17.5. The first-order chi connectivity index (χ1) is 14.2. The molecule has 0 unspecified atom stereocenters. The van der Waals surface area contributed by atoms with Gasteiger partial charge in [-0.1, -0.05) is 0 Å². The van der Waals surface area contributed by atoms with Gasteiger partial charge in [0.15, 0.2) is 5.69 Å². The summed E-state index contributed by atoms with van der Waals surface area (Å²) in [5.41, 5.74) is 1.68. The molecule has 0 aliphatic rings. The van der Waals surface area contributed by atoms with E-state index in [0.717, 1.165) is 5.56 Å². The number of nitrogens with zero attached hydrogens (tertiary/aromatic N) is 3. The maximum Gasteiger partial charge on any atom is 0.299 e. The molecule has 0 atom stereocenters. The van der Waals surface area contributed by atoms with Crippen LogP contribution in [0.2, 0.25) is 0 Å². The number of aryl methyl sites for hydroxylation is 2. The molecule has 30 heavy (non-hydrogen) atoms. The van der Waals surface area contributed by atoms with Gasteiger partial charge in [0.1, 0.15) is 17.2 Å². The van der Waals surface area contributed by atoms with Crippen molar-refractivity contribution in [2.24, 2.45) is 10.2 Å². The minimum absolute atomic E-state index is 0.0791. The Balaban J connectivity index is 2.00. The van der Waals surface area contributed by atoms with Gasteiger partial charge in [-0.05, 0) is 49.7 Å². The van der Waals surface area contributed by atoms with Crippen LogP contribution in [0.1, 0.15) is 11.3 Å². The van der Waals surface area contributed by atoms with Gasteiger partial charge in [0.25, 0.3) is 15.7 Å². The van der Waals surface area contributed by atoms with Crippen LogP contribution in [0.25, 0.3) is 5.69 Å². The van der Waals surface area contributed by atoms with Crippen LogP contribution in [-0.2, 0) is 10.1 Å². The van der Waals surface area contributed by atoms with Crippen molar-refractivity contribution in [2.45, 2.75) is 18.7 Å². The summed E-state index contributed by atoms with van der Waals surface area (Å²) in [6.45, 7) is 3.52. The number of benzene rings is 2. The van der Waals surface area contributed by atoms with Crippen molar-refractivity contribution in [1.82, 2.24) is 9.78 Å². The van der Waals surface area contributed by atoms with E-state index >= 15 is 0 Å². The molecule has 1 aromatic heterocycles. The van der Waals surface area contributed by atoms with E-state index in [1.165, 1.54) is 43.2 Å². The predicted octanol–water partition coefficient (Wildman–Crippen LogP) is 3.46. The monoisotopic (exact) mass is 432 g/mol. The molecule has 0 fully saturated rings. The number of ether oxygens (including phenoxy) is 2. The van der Waals surface area contributed by atoms with Crippen LogP contribution in [0.4, 0.5) is 11.4 Å². The number of hydrogen-bond acceptors (Lipinski definition) is 7. The lowest BCUT2D eigenvalue weighted by Crippen LogP contribution is -2.14. The molecule has 2 aromatic carbocycles. The third-order valence-corrected chi connectivity index (χ3v) is 5.26. The van der Waals surface area contributed by atoms with Crippen molar-refractivity contribution in [1.29, 1.82) is 0 Å². The molecule has 3 rings (SSSR count). The minimum Gasteiger partial charge on any atom is -0.496 e. The lowest BCUT2D eigenvalue weighted by atomic mass is 10.2. The highest BCUT2D eigenvalue weighted by Gasteiger charge is 2.15. The summed E-state index contributed by atoms with van der Waals surface area (Å²) in [6, 6.07) is 8.57. The molecule has 0 aliphatic carbocycles. The van der Waals surface area contributed by atoms with Gasteiger partial charge in [-0.25, -0.2) is 4.68 Å². The van der Waals surface area contributed by atoms with Gasteiger partial charge in [0, 0.05) is 6.07 Å². The average Bonchev–Trinajstić information content (AvgIpc) is 2.99. The highest BCUT2D eigenvalue weighted by molar-refractivity contribution is 7.85. The molecule has 0 aliphatic heterocycles. The second kappa shape index (κ2) is 8.13. The van der Waals surface area contributed by atoms with Crippen molar-refractivity contribution < 1.29 is 22.4 Å². The van der Waals surface area contributed by atoms with E-state index in [2.05, 4.69) is 15.3 Å². The lowest BCUT2D eigenvalue weighted by Gasteiger charge is -2.09. The Morgan fingerprint density at radius 2 is 1.63 bits per heavy atom. The molecule has 0 amide bonds. The molecule has 11 heteroatoms. The number of methoxy groups -OCH3 is 2. The van der Waals surface area contributed by atoms with Crippen LogP contribution in [-0.4, -0.2) is 37.0 Å². The maximum atomic E-state index is 12.8. The highest BCUT2D eigenvalue weighted by Crippen LogP contribution is 2.35. The van der Waals surface area contributed by atoms with Crippen molar-refractivity contribution in [3.05, 3.63) is 58.0 Å². The molecular weight excluding hydrogens is 412 g/mol. The average molecular weight is 432 g/mol. The van der Waals surface area contributed by atoms with Gasteiger partial charge in [-0.15, -0.1) is 10.2 Å². The number of hydrogen-bond donors (Lipinski definition) is 2. The van der Waals surface area contributed by atoms with E-state index in [-0.39, 0.29) is 10.6 Å². The Morgan fingerprint density at radius 3 is 2.20 bits per heavy atom. The Labute approximate surface area is 172 Å². The van der Waals surface area contributed by atoms with Crippen molar-refractivity contribution in [2.75, 3.05) is 14.2 Å². The number of H-pyrrole nitrogens is 1. The largest absolute Gasteiger partial charge is 0.496 e. The molecule has 1 heterocycles. The van der Waals surface area contributed by atoms with Gasteiger partial charge < -0.3 is 9.47 Å². The lowest BCUT2D eigenvalue weighted by molar-refractivity contribution is 0.401. The Hall–Kier alpha value is -3.44. The summed E-state index contributed by atoms with van der Waals surface area (Å²) in [7, 11) is -1.28. The maximum absolute atomic E-state index is 12.8. The fraction of sp³-hybridized carbons (Fsp3) is 0.211. The van der Waals surface area contributed by atoms with E-state index in [1.807, 2.05) is 6.92 Å². The van der Waals surface area contributed by atoms with E-state index < -0.39 is 15.7 Å². The Bertz CT molecular complexity index is 1270. The van der Waals surface area contributed by atoms with Gasteiger partial charge >= 0.3 is 0 Å². The quantitative estimate of drug-likeness (QED) is 0.452. The van der Waals surface area contributed by atoms with Crippen LogP contribution in [0, 0.1) is 13.8 Å². The first kappa shape index (κ1) is 21.3. The summed E-state index contributed by atoms with van der Waals surface area (Å²) >= 11 is 0. The molecule has 158 valence electrons. The molecular formula is C19H20N4O6S. The van der Waals surface area contributed by atoms with E-state index in [4.69, 9.17) is 14.0 Å². The molecule has 0 saturated carbocycles. The molecule has 3 aromatic rings. The van der Waals surface area contributed by atoms with Crippen LogP contribution >= 0.6 is 0 Å². The molecule has 0 bridgehead atoms. The number of aromatic nitrogens is 2. The number of aromatic amines is 1. The van der Waals surface area contributed by atoms with E-state index in [1.54, 1.807) is 19.1 Å². The molecule has 10 nitrogen and oxygen atoms in total. The summed E-state index contributed by atoms with van der Waals surface area (Å²) in [5, 5.41) is 11.1. The minimum atomic E-state index is -4.32. The zero-order valence-electron chi connectivity index (χ0n) is 16.7. The van der Waals surface area contributed by atoms with Crippen molar-refractivity contribution in [3.63, 3.8) is 0 Å². The van der Waals surface area contributed by atoms with Crippen LogP contribution < -0.4 is 15.0 Å². The summed E-state index contributed by atoms with van der Waals surface area (Å²) in [5.74, 6) is 1.08. The third-order valence-electron chi connectivity index (χ3n) is 4.39. The SMILES string of the molecule is COc1cc(N=Nc2c(C)[nH]n(-c3ccc(S(=O)(=O)O)cc3)c2=O)c(OC)cc1C. The smallest absolute Gasteiger partial charge is 0.299 e. The first-order valence-corrected chi connectivity index (χ1v) is 10.1. The topological polar surface area (TPSA) is 135 Å². The van der Waals surface area contributed by atoms with Crippen molar-refractivity contribution >= 4 is 21.5 Å². The van der Waals surface area contributed by atoms with Gasteiger partial charge in [0.2, 0.25) is 0 Å². The van der Waals surface area contributed by atoms with E-state index in [9.17, 15) is 13.2 Å². The second-order valence-electron chi connectivity index (χ2n) is 6.39. The molecule has 2 N–H and O–H groups in total. The third kappa shape index (κ3) is 4.11. The fourth-order valence-electron chi connectivity index (χ4n) is 2.82. The first-order valence-electron chi connectivity index (χ1n) is 8.69. The van der Waals surface area contributed by atoms with Crippen molar-refractivity contribution in [3.8, 4) is 17.2 Å². The van der Waals surface area contributed by atoms with E-state index in [0.29, 0.717) is 28.6 Å². The molecule has 0 saturated heterocycles. The Morgan fingerprint density at radius 1 is 1.00 bits per heavy atom. The summed E-state index contributed by atoms with van der Waals surface area (Å²) in [4.78, 5) is 12.5. The van der Waals surface area contributed by atoms with Gasteiger partial charge in [0.05, 0.1) is 30.5 Å². The van der Waals surface area contributed by atoms with Crippen LogP contribution in [0.3, 0.4) is 0 Å². The van der Waals surface area contributed by atoms with Crippen LogP contribution in [0.15, 0.2) is 56.3 Å². The zero-order chi connectivity index (χ0) is 22.1. The summed E-state index contributed by atoms with van der Waals surface area (Å²) in [6.07, 6.45) is 0. The summed E-state index contributed by atoms with van der Waals surface area (Å²) < 4.78 is 43.2. The highest BCUT2D eigenvalue weighted by atomic mass is 32.2. The molecule has 0 radical (unpaired) electrons. The fourth-order valence-corrected chi connectivity index (χ4v) is 3.30. The second-order valence-corrected chi connectivity index (χ2v) is 7.81. The number of rotatable bonds is 6. The standard InChI is InChI=1S/C19H20N4O6S/c1-11-9-17(29-4)15(10-16(11)28-3)20-21-18-12(2)22-23(19(18)24)13-5-7-14(8-6-13)30(25,26)27/h5-10,22H,1-4H3,(H,25,26,27). The van der Waals surface area contributed by atoms with Gasteiger partial charge in [-0.3, -0.25) is 14.4 Å². The van der Waals surface area contributed by atoms with Gasteiger partial charge in [-0.2, -0.15) is 8.42 Å². The number of azo groups is 1. The molecule has 0 spiro atoms. The van der Waals surface area contributed by atoms with Crippen LogP contribution in [0.5, 0.6) is 11.5 Å². The normalized spacial score (nSPS) is 11.8. The number of nitrogens with one attached hydrogen (secondary N) is 1. The predicted molar refractivity (Wildman–Crippen MR) is 109 cm³/mol.